The summed E-state index contributed by atoms with van der Waals surface area (Å²) < 4.78 is 5.47. The summed E-state index contributed by atoms with van der Waals surface area (Å²) in [5.74, 6) is 1.15. The van der Waals surface area contributed by atoms with Gasteiger partial charge in [0, 0.05) is 12.2 Å². The van der Waals surface area contributed by atoms with Gasteiger partial charge in [-0.25, -0.2) is 4.79 Å². The van der Waals surface area contributed by atoms with Gasteiger partial charge in [0.15, 0.2) is 0 Å². The van der Waals surface area contributed by atoms with Gasteiger partial charge in [0.1, 0.15) is 11.1 Å². The fraction of sp³-hybridized carbons (Fsp3) is 0.300. The van der Waals surface area contributed by atoms with Gasteiger partial charge in [-0.3, -0.25) is 9.69 Å². The van der Waals surface area contributed by atoms with Gasteiger partial charge in [-0.05, 0) is 49.2 Å². The molecule has 3 rings (SSSR count). The van der Waals surface area contributed by atoms with Crippen molar-refractivity contribution < 1.29 is 14.3 Å². The van der Waals surface area contributed by atoms with E-state index in [4.69, 9.17) is 4.74 Å². The number of carbonyl (C=O) groups excluding carboxylic acids is 2. The first-order valence-electron chi connectivity index (χ1n) is 8.76. The van der Waals surface area contributed by atoms with E-state index in [0.29, 0.717) is 23.7 Å². The Morgan fingerprint density at radius 1 is 1.26 bits per heavy atom. The number of urea groups is 1. The van der Waals surface area contributed by atoms with Crippen LogP contribution in [-0.2, 0) is 4.79 Å². The van der Waals surface area contributed by atoms with Gasteiger partial charge in [0.2, 0.25) is 5.91 Å². The number of hydrogen-bond donors (Lipinski definition) is 2. The molecule has 2 aromatic rings. The highest BCUT2D eigenvalue weighted by Gasteiger charge is 2.35. The van der Waals surface area contributed by atoms with Crippen LogP contribution in [0.15, 0.2) is 42.5 Å². The molecule has 1 heterocycles. The molecule has 0 spiro atoms. The van der Waals surface area contributed by atoms with Gasteiger partial charge in [-0.15, -0.1) is 11.8 Å². The lowest BCUT2D eigenvalue weighted by atomic mass is 10.1. The van der Waals surface area contributed by atoms with Crippen LogP contribution in [0, 0.1) is 6.92 Å². The van der Waals surface area contributed by atoms with Crippen molar-refractivity contribution in [3.05, 3.63) is 53.6 Å². The third-order valence-electron chi connectivity index (χ3n) is 4.25. The van der Waals surface area contributed by atoms with Crippen molar-refractivity contribution in [1.82, 2.24) is 5.32 Å². The molecule has 0 bridgehead atoms. The van der Waals surface area contributed by atoms with Crippen LogP contribution in [0.2, 0.25) is 0 Å². The Labute approximate surface area is 163 Å². The molecule has 1 aliphatic rings. The highest BCUT2D eigenvalue weighted by Crippen LogP contribution is 2.45. The molecule has 6 nitrogen and oxygen atoms in total. The van der Waals surface area contributed by atoms with Crippen LogP contribution in [0.4, 0.5) is 16.2 Å². The summed E-state index contributed by atoms with van der Waals surface area (Å²) >= 11 is 1.58. The number of nitrogens with one attached hydrogen (secondary N) is 2. The number of aryl methyl sites for hydroxylation is 1. The summed E-state index contributed by atoms with van der Waals surface area (Å²) in [6.07, 6.45) is 0. The zero-order valence-electron chi connectivity index (χ0n) is 15.6. The average molecular weight is 385 g/mol. The van der Waals surface area contributed by atoms with Crippen LogP contribution in [0.25, 0.3) is 0 Å². The molecule has 1 atom stereocenters. The first-order chi connectivity index (χ1) is 13.0. The monoisotopic (exact) mass is 385 g/mol. The minimum atomic E-state index is -0.234. The normalized spacial score (nSPS) is 16.3. The minimum Gasteiger partial charge on any atom is -0.495 e. The maximum absolute atomic E-state index is 12.6. The quantitative estimate of drug-likeness (QED) is 0.818. The van der Waals surface area contributed by atoms with Crippen molar-refractivity contribution in [2.24, 2.45) is 0 Å². The Bertz CT molecular complexity index is 839. The van der Waals surface area contributed by atoms with E-state index in [0.717, 1.165) is 16.8 Å². The molecule has 1 fully saturated rings. The van der Waals surface area contributed by atoms with Gasteiger partial charge >= 0.3 is 6.03 Å². The average Bonchev–Trinajstić information content (AvgIpc) is 3.04. The Morgan fingerprint density at radius 2 is 2.00 bits per heavy atom. The number of hydrogen-bond acceptors (Lipinski definition) is 4. The van der Waals surface area contributed by atoms with Gasteiger partial charge in [-0.1, -0.05) is 18.2 Å². The Kier molecular flexibility index (Phi) is 5.91. The fourth-order valence-electron chi connectivity index (χ4n) is 2.99. The maximum atomic E-state index is 12.6. The third-order valence-corrected chi connectivity index (χ3v) is 5.47. The molecule has 0 saturated carbocycles. The van der Waals surface area contributed by atoms with E-state index in [1.54, 1.807) is 23.8 Å². The van der Waals surface area contributed by atoms with Gasteiger partial charge < -0.3 is 15.4 Å². The number of carbonyl (C=O) groups is 2. The van der Waals surface area contributed by atoms with Crippen LogP contribution < -0.4 is 20.3 Å². The molecule has 1 aliphatic heterocycles. The van der Waals surface area contributed by atoms with Crippen molar-refractivity contribution in [1.29, 1.82) is 0 Å². The fourth-order valence-corrected chi connectivity index (χ4v) is 4.16. The van der Waals surface area contributed by atoms with Crippen molar-refractivity contribution in [3.8, 4) is 5.75 Å². The first kappa shape index (κ1) is 19.1. The number of thioether (sulfide) groups is 1. The summed E-state index contributed by atoms with van der Waals surface area (Å²) in [6.45, 7) is 4.43. The zero-order valence-corrected chi connectivity index (χ0v) is 16.4. The largest absolute Gasteiger partial charge is 0.495 e. The van der Waals surface area contributed by atoms with E-state index in [-0.39, 0.29) is 17.3 Å². The SMILES string of the molecule is CCNC(=O)Nc1ccc([C@H]2SCC(=O)N2c2cc(C)ccc2OC)cc1. The van der Waals surface area contributed by atoms with Crippen molar-refractivity contribution >= 4 is 35.1 Å². The van der Waals surface area contributed by atoms with E-state index in [1.165, 1.54) is 0 Å². The number of methoxy groups -OCH3 is 1. The topological polar surface area (TPSA) is 70.7 Å². The third kappa shape index (κ3) is 4.19. The first-order valence-corrected chi connectivity index (χ1v) is 9.81. The second-order valence-electron chi connectivity index (χ2n) is 6.21. The summed E-state index contributed by atoms with van der Waals surface area (Å²) in [4.78, 5) is 26.0. The number of nitrogens with zero attached hydrogens (tertiary/aromatic N) is 1. The lowest BCUT2D eigenvalue weighted by Crippen LogP contribution is -2.29. The molecular formula is C20H23N3O3S. The molecule has 3 amide bonds. The molecule has 142 valence electrons. The zero-order chi connectivity index (χ0) is 19.4. The molecule has 0 aliphatic carbocycles. The van der Waals surface area contributed by atoms with E-state index >= 15 is 0 Å². The molecule has 2 N–H and O–H groups in total. The summed E-state index contributed by atoms with van der Waals surface area (Å²) in [5.41, 5.74) is 3.55. The molecule has 2 aromatic carbocycles. The maximum Gasteiger partial charge on any atom is 0.319 e. The minimum absolute atomic E-state index is 0.0541. The number of amides is 3. The predicted molar refractivity (Wildman–Crippen MR) is 110 cm³/mol. The van der Waals surface area contributed by atoms with Crippen molar-refractivity contribution in [2.75, 3.05) is 29.6 Å². The lowest BCUT2D eigenvalue weighted by Gasteiger charge is -2.26. The highest BCUT2D eigenvalue weighted by atomic mass is 32.2. The summed E-state index contributed by atoms with van der Waals surface area (Å²) in [7, 11) is 1.61. The van der Waals surface area contributed by atoms with Crippen LogP contribution in [0.1, 0.15) is 23.4 Å². The van der Waals surface area contributed by atoms with Crippen molar-refractivity contribution in [2.45, 2.75) is 19.2 Å². The van der Waals surface area contributed by atoms with E-state index in [9.17, 15) is 9.59 Å². The Balaban J connectivity index is 1.86. The van der Waals surface area contributed by atoms with Crippen LogP contribution in [-0.4, -0.2) is 31.3 Å². The van der Waals surface area contributed by atoms with Gasteiger partial charge in [-0.2, -0.15) is 0 Å². The molecule has 7 heteroatoms. The molecule has 1 saturated heterocycles. The second kappa shape index (κ2) is 8.35. The van der Waals surface area contributed by atoms with Crippen LogP contribution >= 0.6 is 11.8 Å². The van der Waals surface area contributed by atoms with Gasteiger partial charge in [0.25, 0.3) is 0 Å². The van der Waals surface area contributed by atoms with Crippen LogP contribution in [0.3, 0.4) is 0 Å². The highest BCUT2D eigenvalue weighted by molar-refractivity contribution is 8.00. The number of rotatable bonds is 5. The molecule has 27 heavy (non-hydrogen) atoms. The Morgan fingerprint density at radius 3 is 2.67 bits per heavy atom. The van der Waals surface area contributed by atoms with Crippen LogP contribution in [0.5, 0.6) is 5.75 Å². The number of anilines is 2. The Hall–Kier alpha value is -2.67. The summed E-state index contributed by atoms with van der Waals surface area (Å²) in [6, 6.07) is 13.2. The van der Waals surface area contributed by atoms with Crippen molar-refractivity contribution in [3.63, 3.8) is 0 Å². The lowest BCUT2D eigenvalue weighted by molar-refractivity contribution is -0.115. The van der Waals surface area contributed by atoms with E-state index in [1.807, 2.05) is 56.3 Å². The number of benzene rings is 2. The standard InChI is InChI=1S/C20H23N3O3S/c1-4-21-20(25)22-15-8-6-14(7-9-15)19-23(18(24)12-27-19)16-11-13(2)5-10-17(16)26-3/h5-11,19H,4,12H2,1-3H3,(H2,21,22,25)/t19-/m1/s1. The van der Waals surface area contributed by atoms with E-state index < -0.39 is 0 Å². The molecule has 0 radical (unpaired) electrons. The molecule has 0 aromatic heterocycles. The predicted octanol–water partition coefficient (Wildman–Crippen LogP) is 3.92. The smallest absolute Gasteiger partial charge is 0.319 e. The second-order valence-corrected chi connectivity index (χ2v) is 7.28. The number of ether oxygens (including phenoxy) is 1. The molecular weight excluding hydrogens is 362 g/mol. The summed E-state index contributed by atoms with van der Waals surface area (Å²) in [5, 5.41) is 5.34. The molecule has 0 unspecified atom stereocenters. The van der Waals surface area contributed by atoms with E-state index in [2.05, 4.69) is 10.6 Å². The van der Waals surface area contributed by atoms with Gasteiger partial charge in [0.05, 0.1) is 18.6 Å².